The lowest BCUT2D eigenvalue weighted by Gasteiger charge is -2.14. The number of phenols is 1. The van der Waals surface area contributed by atoms with Crippen molar-refractivity contribution >= 4 is 0 Å². The minimum Gasteiger partial charge on any atom is -0.508 e. The first-order valence-electron chi connectivity index (χ1n) is 7.40. The lowest BCUT2D eigenvalue weighted by Crippen LogP contribution is -1.99. The van der Waals surface area contributed by atoms with E-state index in [0.717, 1.165) is 36.0 Å². The summed E-state index contributed by atoms with van der Waals surface area (Å²) in [5.74, 6) is 0.626. The van der Waals surface area contributed by atoms with Crippen molar-refractivity contribution in [2.75, 3.05) is 6.61 Å². The molecule has 0 atom stereocenters. The lowest BCUT2D eigenvalue weighted by atomic mass is 10.00. The largest absolute Gasteiger partial charge is 0.508 e. The Hall–Kier alpha value is -2.03. The van der Waals surface area contributed by atoms with Crippen LogP contribution < -0.4 is 4.74 Å². The van der Waals surface area contributed by atoms with Gasteiger partial charge in [-0.1, -0.05) is 32.4 Å². The van der Waals surface area contributed by atoms with E-state index in [1.165, 1.54) is 12.1 Å². The Balaban J connectivity index is 2.42. The summed E-state index contributed by atoms with van der Waals surface area (Å²) in [6, 6.07) is 9.91. The highest BCUT2D eigenvalue weighted by Crippen LogP contribution is 2.36. The molecule has 0 aliphatic heterocycles. The zero-order chi connectivity index (χ0) is 15.2. The fraction of sp³-hybridized carbons (Fsp3) is 0.333. The maximum Gasteiger partial charge on any atom is 0.130 e. The van der Waals surface area contributed by atoms with E-state index in [1.54, 1.807) is 18.2 Å². The van der Waals surface area contributed by atoms with Gasteiger partial charge in [-0.2, -0.15) is 0 Å². The van der Waals surface area contributed by atoms with E-state index in [1.807, 2.05) is 13.0 Å². The van der Waals surface area contributed by atoms with Gasteiger partial charge in [-0.05, 0) is 42.2 Å². The number of hydrogen-bond acceptors (Lipinski definition) is 2. The van der Waals surface area contributed by atoms with E-state index in [-0.39, 0.29) is 11.6 Å². The molecule has 0 heterocycles. The van der Waals surface area contributed by atoms with Crippen LogP contribution in [0.4, 0.5) is 4.39 Å². The molecular weight excluding hydrogens is 267 g/mol. The number of phenolic OH excluding ortho intramolecular Hbond substituents is 1. The molecular formula is C18H21FO2. The summed E-state index contributed by atoms with van der Waals surface area (Å²) < 4.78 is 18.9. The highest BCUT2D eigenvalue weighted by atomic mass is 19.1. The number of ether oxygens (including phenoxy) is 1. The fourth-order valence-electron chi connectivity index (χ4n) is 2.20. The first-order chi connectivity index (χ1) is 10.2. The van der Waals surface area contributed by atoms with E-state index in [4.69, 9.17) is 4.74 Å². The van der Waals surface area contributed by atoms with Gasteiger partial charge in [0.25, 0.3) is 0 Å². The summed E-state index contributed by atoms with van der Waals surface area (Å²) in [7, 11) is 0. The molecule has 0 saturated carbocycles. The highest BCUT2D eigenvalue weighted by Gasteiger charge is 2.11. The molecule has 112 valence electrons. The molecule has 2 aromatic rings. The molecule has 0 saturated heterocycles. The normalized spacial score (nSPS) is 10.6. The Bertz CT molecular complexity index is 591. The molecule has 2 nitrogen and oxygen atoms in total. The number of hydrogen-bond donors (Lipinski definition) is 1. The average molecular weight is 288 g/mol. The molecule has 0 aromatic heterocycles. The average Bonchev–Trinajstić information content (AvgIpc) is 2.49. The van der Waals surface area contributed by atoms with Crippen molar-refractivity contribution in [2.45, 2.75) is 33.1 Å². The summed E-state index contributed by atoms with van der Waals surface area (Å²) in [5, 5.41) is 10.0. The van der Waals surface area contributed by atoms with Gasteiger partial charge in [0.1, 0.15) is 17.3 Å². The molecule has 0 amide bonds. The Morgan fingerprint density at radius 3 is 2.43 bits per heavy atom. The summed E-state index contributed by atoms with van der Waals surface area (Å²) in [6.45, 7) is 4.69. The van der Waals surface area contributed by atoms with Gasteiger partial charge in [0, 0.05) is 11.6 Å². The van der Waals surface area contributed by atoms with Crippen molar-refractivity contribution in [3.63, 3.8) is 0 Å². The van der Waals surface area contributed by atoms with Crippen LogP contribution in [0, 0.1) is 5.82 Å². The zero-order valence-corrected chi connectivity index (χ0v) is 12.5. The van der Waals surface area contributed by atoms with Crippen molar-refractivity contribution in [3.8, 4) is 22.6 Å². The van der Waals surface area contributed by atoms with Crippen LogP contribution in [0.5, 0.6) is 11.5 Å². The number of rotatable bonds is 6. The second-order valence-electron chi connectivity index (χ2n) is 5.04. The molecule has 0 unspecified atom stereocenters. The van der Waals surface area contributed by atoms with Crippen LogP contribution in [0.1, 0.15) is 32.3 Å². The first-order valence-corrected chi connectivity index (χ1v) is 7.40. The molecule has 0 aliphatic carbocycles. The minimum atomic E-state index is -0.262. The summed E-state index contributed by atoms with van der Waals surface area (Å²) >= 11 is 0. The van der Waals surface area contributed by atoms with Crippen molar-refractivity contribution in [1.82, 2.24) is 0 Å². The third-order valence-corrected chi connectivity index (χ3v) is 3.47. The monoisotopic (exact) mass is 288 g/mol. The van der Waals surface area contributed by atoms with Crippen molar-refractivity contribution in [1.29, 1.82) is 0 Å². The SMILES string of the molecule is CCCCOc1cc(O)c(CC)cc1-c1ccc(F)cc1. The summed E-state index contributed by atoms with van der Waals surface area (Å²) in [5.41, 5.74) is 2.63. The van der Waals surface area contributed by atoms with Gasteiger partial charge >= 0.3 is 0 Å². The smallest absolute Gasteiger partial charge is 0.130 e. The Morgan fingerprint density at radius 2 is 1.81 bits per heavy atom. The Labute approximate surface area is 125 Å². The quantitative estimate of drug-likeness (QED) is 0.763. The van der Waals surface area contributed by atoms with Crippen molar-refractivity contribution in [2.24, 2.45) is 0 Å². The molecule has 0 aliphatic rings. The lowest BCUT2D eigenvalue weighted by molar-refractivity contribution is 0.308. The third kappa shape index (κ3) is 3.75. The molecule has 1 N–H and O–H groups in total. The summed E-state index contributed by atoms with van der Waals surface area (Å²) in [6.07, 6.45) is 2.74. The van der Waals surface area contributed by atoms with E-state index in [2.05, 4.69) is 6.92 Å². The number of unbranched alkanes of at least 4 members (excludes halogenated alkanes) is 1. The van der Waals surface area contributed by atoms with Gasteiger partial charge in [-0.25, -0.2) is 4.39 Å². The molecule has 21 heavy (non-hydrogen) atoms. The molecule has 3 heteroatoms. The van der Waals surface area contributed by atoms with E-state index >= 15 is 0 Å². The molecule has 2 aromatic carbocycles. The number of halogens is 1. The molecule has 0 spiro atoms. The predicted molar refractivity (Wildman–Crippen MR) is 83.3 cm³/mol. The van der Waals surface area contributed by atoms with Crippen molar-refractivity contribution < 1.29 is 14.2 Å². The highest BCUT2D eigenvalue weighted by molar-refractivity contribution is 5.72. The second-order valence-corrected chi connectivity index (χ2v) is 5.04. The second kappa shape index (κ2) is 7.11. The van der Waals surface area contributed by atoms with E-state index < -0.39 is 0 Å². The van der Waals surface area contributed by atoms with Crippen LogP contribution >= 0.6 is 0 Å². The fourth-order valence-corrected chi connectivity index (χ4v) is 2.20. The van der Waals surface area contributed by atoms with Crippen LogP contribution in [0.2, 0.25) is 0 Å². The van der Waals surface area contributed by atoms with Gasteiger partial charge < -0.3 is 9.84 Å². The number of aryl methyl sites for hydroxylation is 1. The van der Waals surface area contributed by atoms with Gasteiger partial charge in [0.15, 0.2) is 0 Å². The molecule has 2 rings (SSSR count). The standard InChI is InChI=1S/C18H21FO2/c1-3-5-10-21-18-12-17(20)13(4-2)11-16(18)14-6-8-15(19)9-7-14/h6-9,11-12,20H,3-5,10H2,1-2H3. The van der Waals surface area contributed by atoms with Gasteiger partial charge in [-0.3, -0.25) is 0 Å². The van der Waals surface area contributed by atoms with E-state index in [9.17, 15) is 9.50 Å². The number of benzene rings is 2. The van der Waals surface area contributed by atoms with Gasteiger partial charge in [0.2, 0.25) is 0 Å². The Kier molecular flexibility index (Phi) is 5.20. The van der Waals surface area contributed by atoms with Gasteiger partial charge in [0.05, 0.1) is 6.61 Å². The van der Waals surface area contributed by atoms with Crippen LogP contribution in [-0.4, -0.2) is 11.7 Å². The predicted octanol–water partition coefficient (Wildman–Crippen LogP) is 4.94. The van der Waals surface area contributed by atoms with Crippen LogP contribution in [-0.2, 0) is 6.42 Å². The molecule has 0 radical (unpaired) electrons. The first kappa shape index (κ1) is 15.4. The molecule has 0 bridgehead atoms. The maximum atomic E-state index is 13.1. The number of aromatic hydroxyl groups is 1. The van der Waals surface area contributed by atoms with Crippen LogP contribution in [0.25, 0.3) is 11.1 Å². The Morgan fingerprint density at radius 1 is 1.10 bits per heavy atom. The van der Waals surface area contributed by atoms with Crippen LogP contribution in [0.15, 0.2) is 36.4 Å². The zero-order valence-electron chi connectivity index (χ0n) is 12.5. The third-order valence-electron chi connectivity index (χ3n) is 3.47. The minimum absolute atomic E-state index is 0.245. The topological polar surface area (TPSA) is 29.5 Å². The van der Waals surface area contributed by atoms with Crippen molar-refractivity contribution in [3.05, 3.63) is 47.8 Å². The van der Waals surface area contributed by atoms with E-state index in [0.29, 0.717) is 12.4 Å². The maximum absolute atomic E-state index is 13.1. The molecule has 0 fully saturated rings. The van der Waals surface area contributed by atoms with Gasteiger partial charge in [-0.15, -0.1) is 0 Å². The van der Waals surface area contributed by atoms with Crippen LogP contribution in [0.3, 0.4) is 0 Å². The summed E-state index contributed by atoms with van der Waals surface area (Å²) in [4.78, 5) is 0.